The molecule has 0 unspecified atom stereocenters. The van der Waals surface area contributed by atoms with Crippen molar-refractivity contribution in [3.63, 3.8) is 0 Å². The molecule has 2 aromatic heterocycles. The van der Waals surface area contributed by atoms with Gasteiger partial charge in [-0.2, -0.15) is 0 Å². The van der Waals surface area contributed by atoms with Crippen molar-refractivity contribution in [3.05, 3.63) is 54.1 Å². The molecule has 0 saturated carbocycles. The van der Waals surface area contributed by atoms with Crippen LogP contribution in [0.2, 0.25) is 0 Å². The van der Waals surface area contributed by atoms with Gasteiger partial charge in [0.25, 0.3) is 0 Å². The van der Waals surface area contributed by atoms with E-state index in [1.54, 1.807) is 24.5 Å². The molecule has 0 aromatic carbocycles. The molecule has 0 aliphatic carbocycles. The molecule has 0 bridgehead atoms. The summed E-state index contributed by atoms with van der Waals surface area (Å²) in [5.41, 5.74) is 1.88. The van der Waals surface area contributed by atoms with Crippen LogP contribution in [-0.2, 0) is 11.3 Å². The van der Waals surface area contributed by atoms with Crippen molar-refractivity contribution in [2.45, 2.75) is 6.54 Å². The fraction of sp³-hybridized carbons (Fsp3) is 0.368. The first kappa shape index (κ1) is 18.0. The molecule has 1 aliphatic heterocycles. The number of aromatic nitrogens is 3. The Morgan fingerprint density at radius 2 is 1.85 bits per heavy atom. The third kappa shape index (κ3) is 4.86. The molecule has 7 nitrogen and oxygen atoms in total. The minimum atomic E-state index is 0.0270. The lowest BCUT2D eigenvalue weighted by Gasteiger charge is -2.34. The summed E-state index contributed by atoms with van der Waals surface area (Å²) >= 11 is 0. The Bertz CT molecular complexity index is 736. The Kier molecular flexibility index (Phi) is 5.91. The Labute approximate surface area is 154 Å². The molecule has 1 fully saturated rings. The highest BCUT2D eigenvalue weighted by atomic mass is 16.2. The van der Waals surface area contributed by atoms with Gasteiger partial charge in [0.1, 0.15) is 0 Å². The van der Waals surface area contributed by atoms with Crippen LogP contribution >= 0.6 is 0 Å². The van der Waals surface area contributed by atoms with E-state index in [0.29, 0.717) is 5.95 Å². The quantitative estimate of drug-likeness (QED) is 0.756. The first-order valence-electron chi connectivity index (χ1n) is 8.70. The standard InChI is InChI=1S/C19H24N6O/c1-23(2)19-21-13-16(14-22-19)6-7-18(26)25-11-9-24(10-12-25)15-17-5-3-4-8-20-17/h3-8,13-14H,9-12,15H2,1-2H3/b7-6+. The minimum absolute atomic E-state index is 0.0270. The van der Waals surface area contributed by atoms with Crippen LogP contribution in [-0.4, -0.2) is 70.9 Å². The fourth-order valence-corrected chi connectivity index (χ4v) is 2.77. The topological polar surface area (TPSA) is 65.5 Å². The summed E-state index contributed by atoms with van der Waals surface area (Å²) in [6.45, 7) is 4.00. The molecule has 0 radical (unpaired) electrons. The highest BCUT2D eigenvalue weighted by Gasteiger charge is 2.19. The number of nitrogens with zero attached hydrogens (tertiary/aromatic N) is 6. The first-order chi connectivity index (χ1) is 12.6. The number of hydrogen-bond donors (Lipinski definition) is 0. The van der Waals surface area contributed by atoms with Gasteiger partial charge in [0.2, 0.25) is 11.9 Å². The van der Waals surface area contributed by atoms with E-state index in [1.807, 2.05) is 48.3 Å². The molecule has 7 heteroatoms. The van der Waals surface area contributed by atoms with Crippen LogP contribution in [0.5, 0.6) is 0 Å². The largest absolute Gasteiger partial charge is 0.347 e. The number of amides is 1. The summed E-state index contributed by atoms with van der Waals surface area (Å²) in [5.74, 6) is 0.677. The predicted octanol–water partition coefficient (Wildman–Crippen LogP) is 1.30. The van der Waals surface area contributed by atoms with E-state index in [9.17, 15) is 4.79 Å². The van der Waals surface area contributed by atoms with Crippen molar-refractivity contribution in [2.75, 3.05) is 45.2 Å². The van der Waals surface area contributed by atoms with Crippen LogP contribution in [0.4, 0.5) is 5.95 Å². The van der Waals surface area contributed by atoms with E-state index in [2.05, 4.69) is 19.9 Å². The summed E-state index contributed by atoms with van der Waals surface area (Å²) in [6, 6.07) is 5.96. The van der Waals surface area contributed by atoms with Gasteiger partial charge in [0.05, 0.1) is 5.69 Å². The van der Waals surface area contributed by atoms with E-state index in [4.69, 9.17) is 0 Å². The lowest BCUT2D eigenvalue weighted by Crippen LogP contribution is -2.47. The van der Waals surface area contributed by atoms with Crippen molar-refractivity contribution >= 4 is 17.9 Å². The Morgan fingerprint density at radius 3 is 2.46 bits per heavy atom. The lowest BCUT2D eigenvalue weighted by atomic mass is 10.2. The maximum Gasteiger partial charge on any atom is 0.246 e. The van der Waals surface area contributed by atoms with Gasteiger partial charge >= 0.3 is 0 Å². The molecule has 0 atom stereocenters. The van der Waals surface area contributed by atoms with Gasteiger partial charge in [-0.3, -0.25) is 14.7 Å². The van der Waals surface area contributed by atoms with Gasteiger partial charge < -0.3 is 9.80 Å². The van der Waals surface area contributed by atoms with Gasteiger partial charge in [-0.25, -0.2) is 9.97 Å². The zero-order valence-corrected chi connectivity index (χ0v) is 15.2. The number of rotatable bonds is 5. The Balaban J connectivity index is 1.48. The molecular weight excluding hydrogens is 328 g/mol. The average Bonchev–Trinajstić information content (AvgIpc) is 2.68. The van der Waals surface area contributed by atoms with Crippen LogP contribution in [0.15, 0.2) is 42.9 Å². The molecule has 2 aromatic rings. The number of anilines is 1. The van der Waals surface area contributed by atoms with Crippen molar-refractivity contribution < 1.29 is 4.79 Å². The van der Waals surface area contributed by atoms with E-state index >= 15 is 0 Å². The fourth-order valence-electron chi connectivity index (χ4n) is 2.77. The van der Waals surface area contributed by atoms with Crippen LogP contribution in [0.3, 0.4) is 0 Å². The van der Waals surface area contributed by atoms with Crippen molar-refractivity contribution in [3.8, 4) is 0 Å². The monoisotopic (exact) mass is 352 g/mol. The molecular formula is C19H24N6O. The number of pyridine rings is 1. The molecule has 1 aliphatic rings. The van der Waals surface area contributed by atoms with Gasteiger partial charge in [-0.15, -0.1) is 0 Å². The van der Waals surface area contributed by atoms with Crippen LogP contribution in [0.1, 0.15) is 11.3 Å². The van der Waals surface area contributed by atoms with E-state index < -0.39 is 0 Å². The number of carbonyl (C=O) groups is 1. The highest BCUT2D eigenvalue weighted by molar-refractivity contribution is 5.91. The van der Waals surface area contributed by atoms with E-state index in [1.165, 1.54) is 0 Å². The summed E-state index contributed by atoms with van der Waals surface area (Å²) in [5, 5.41) is 0. The summed E-state index contributed by atoms with van der Waals surface area (Å²) in [7, 11) is 3.78. The van der Waals surface area contributed by atoms with Crippen LogP contribution < -0.4 is 4.90 Å². The molecule has 3 rings (SSSR count). The van der Waals surface area contributed by atoms with Gasteiger partial charge in [-0.05, 0) is 18.2 Å². The SMILES string of the molecule is CN(C)c1ncc(/C=C/C(=O)N2CCN(Cc3ccccn3)CC2)cn1. The molecule has 0 spiro atoms. The van der Waals surface area contributed by atoms with Crippen molar-refractivity contribution in [2.24, 2.45) is 0 Å². The Hall–Kier alpha value is -2.80. The minimum Gasteiger partial charge on any atom is -0.347 e. The Morgan fingerprint density at radius 1 is 1.12 bits per heavy atom. The first-order valence-corrected chi connectivity index (χ1v) is 8.70. The third-order valence-corrected chi connectivity index (χ3v) is 4.27. The van der Waals surface area contributed by atoms with Gasteiger partial charge in [0.15, 0.2) is 0 Å². The van der Waals surface area contributed by atoms with E-state index in [-0.39, 0.29) is 5.91 Å². The second-order valence-corrected chi connectivity index (χ2v) is 6.47. The molecule has 136 valence electrons. The summed E-state index contributed by atoms with van der Waals surface area (Å²) in [4.78, 5) is 31.3. The molecule has 3 heterocycles. The zero-order chi connectivity index (χ0) is 18.4. The normalized spacial score (nSPS) is 15.4. The zero-order valence-electron chi connectivity index (χ0n) is 15.2. The highest BCUT2D eigenvalue weighted by Crippen LogP contribution is 2.09. The third-order valence-electron chi connectivity index (χ3n) is 4.27. The van der Waals surface area contributed by atoms with Crippen molar-refractivity contribution in [1.82, 2.24) is 24.8 Å². The van der Waals surface area contributed by atoms with Crippen LogP contribution in [0, 0.1) is 0 Å². The second-order valence-electron chi connectivity index (χ2n) is 6.47. The van der Waals surface area contributed by atoms with Crippen molar-refractivity contribution in [1.29, 1.82) is 0 Å². The number of hydrogen-bond acceptors (Lipinski definition) is 6. The average molecular weight is 352 g/mol. The maximum atomic E-state index is 12.4. The smallest absolute Gasteiger partial charge is 0.246 e. The predicted molar refractivity (Wildman–Crippen MR) is 101 cm³/mol. The van der Waals surface area contributed by atoms with Gasteiger partial charge in [0, 0.05) is 77.0 Å². The molecule has 1 amide bonds. The molecule has 1 saturated heterocycles. The lowest BCUT2D eigenvalue weighted by molar-refractivity contribution is -0.127. The molecule has 0 N–H and O–H groups in total. The summed E-state index contributed by atoms with van der Waals surface area (Å²) < 4.78 is 0. The van der Waals surface area contributed by atoms with Crippen LogP contribution in [0.25, 0.3) is 6.08 Å². The summed E-state index contributed by atoms with van der Waals surface area (Å²) in [6.07, 6.45) is 8.62. The molecule has 26 heavy (non-hydrogen) atoms. The number of carbonyl (C=O) groups excluding carboxylic acids is 1. The second kappa shape index (κ2) is 8.53. The number of piperazine rings is 1. The van der Waals surface area contributed by atoms with E-state index in [0.717, 1.165) is 44.0 Å². The van der Waals surface area contributed by atoms with Gasteiger partial charge in [-0.1, -0.05) is 6.07 Å². The maximum absolute atomic E-state index is 12.4.